The van der Waals surface area contributed by atoms with Crippen LogP contribution in [-0.4, -0.2) is 61.9 Å². The van der Waals surface area contributed by atoms with E-state index in [0.29, 0.717) is 5.69 Å². The largest absolute Gasteiger partial charge is 0.378 e. The second-order valence-electron chi connectivity index (χ2n) is 5.11. The third-order valence-corrected chi connectivity index (χ3v) is 3.20. The van der Waals surface area contributed by atoms with Crippen molar-refractivity contribution in [3.05, 3.63) is 24.3 Å². The lowest BCUT2D eigenvalue weighted by Crippen LogP contribution is -2.38. The van der Waals surface area contributed by atoms with Gasteiger partial charge in [-0.25, -0.2) is 4.79 Å². The standard InChI is InChI=1S/C14H18N4O3/c1-16(2)11-6-4-10(5-7-11)15-12(19)8-18-13(20)9-17(3)14(18)21/h4-7H,8-9H2,1-3H3,(H,15,19). The van der Waals surface area contributed by atoms with E-state index in [9.17, 15) is 14.4 Å². The van der Waals surface area contributed by atoms with E-state index in [-0.39, 0.29) is 19.0 Å². The first kappa shape index (κ1) is 14.8. The summed E-state index contributed by atoms with van der Waals surface area (Å²) in [7, 11) is 5.38. The number of nitrogens with one attached hydrogen (secondary N) is 1. The number of rotatable bonds is 4. The van der Waals surface area contributed by atoms with Crippen LogP contribution in [0.15, 0.2) is 24.3 Å². The average Bonchev–Trinajstić information content (AvgIpc) is 2.66. The van der Waals surface area contributed by atoms with Crippen LogP contribution in [0.5, 0.6) is 0 Å². The van der Waals surface area contributed by atoms with Gasteiger partial charge in [0, 0.05) is 32.5 Å². The summed E-state index contributed by atoms with van der Waals surface area (Å²) >= 11 is 0. The molecular formula is C14H18N4O3. The molecule has 0 atom stereocenters. The summed E-state index contributed by atoms with van der Waals surface area (Å²) < 4.78 is 0. The van der Waals surface area contributed by atoms with Crippen LogP contribution in [0.1, 0.15) is 0 Å². The molecule has 0 saturated carbocycles. The molecule has 0 spiro atoms. The molecule has 1 aliphatic heterocycles. The Hall–Kier alpha value is -2.57. The lowest BCUT2D eigenvalue weighted by Gasteiger charge is -2.15. The zero-order chi connectivity index (χ0) is 15.6. The minimum Gasteiger partial charge on any atom is -0.378 e. The molecule has 2 rings (SSSR count). The average molecular weight is 290 g/mol. The number of hydrogen-bond donors (Lipinski definition) is 1. The van der Waals surface area contributed by atoms with E-state index in [4.69, 9.17) is 0 Å². The van der Waals surface area contributed by atoms with Crippen molar-refractivity contribution in [3.8, 4) is 0 Å². The Balaban J connectivity index is 1.96. The zero-order valence-corrected chi connectivity index (χ0v) is 12.3. The summed E-state index contributed by atoms with van der Waals surface area (Å²) in [5.74, 6) is -0.759. The second-order valence-corrected chi connectivity index (χ2v) is 5.11. The number of carbonyl (C=O) groups is 3. The van der Waals surface area contributed by atoms with Crippen LogP contribution in [0, 0.1) is 0 Å². The van der Waals surface area contributed by atoms with Crippen LogP contribution in [0.4, 0.5) is 16.2 Å². The summed E-state index contributed by atoms with van der Waals surface area (Å²) in [5, 5.41) is 2.67. The lowest BCUT2D eigenvalue weighted by molar-refractivity contribution is -0.129. The SMILES string of the molecule is CN1CC(=O)N(CC(=O)Nc2ccc(N(C)C)cc2)C1=O. The highest BCUT2D eigenvalue weighted by atomic mass is 16.2. The fourth-order valence-electron chi connectivity index (χ4n) is 2.01. The minimum absolute atomic E-state index is 0.0175. The molecule has 1 aromatic rings. The van der Waals surface area contributed by atoms with Gasteiger partial charge in [0.1, 0.15) is 13.1 Å². The van der Waals surface area contributed by atoms with E-state index in [1.54, 1.807) is 12.1 Å². The van der Waals surface area contributed by atoms with Crippen molar-refractivity contribution < 1.29 is 14.4 Å². The highest BCUT2D eigenvalue weighted by molar-refractivity contribution is 6.06. The maximum Gasteiger partial charge on any atom is 0.327 e. The van der Waals surface area contributed by atoms with Gasteiger partial charge < -0.3 is 15.1 Å². The third-order valence-electron chi connectivity index (χ3n) is 3.20. The topological polar surface area (TPSA) is 73.0 Å². The minimum atomic E-state index is -0.446. The van der Waals surface area contributed by atoms with E-state index in [1.165, 1.54) is 11.9 Å². The predicted octanol–water partition coefficient (Wildman–Crippen LogP) is 0.585. The van der Waals surface area contributed by atoms with Gasteiger partial charge in [0.25, 0.3) is 5.91 Å². The Morgan fingerprint density at radius 3 is 2.33 bits per heavy atom. The number of benzene rings is 1. The predicted molar refractivity (Wildman–Crippen MR) is 79.1 cm³/mol. The summed E-state index contributed by atoms with van der Waals surface area (Å²) in [6.45, 7) is -0.249. The molecule has 7 heteroatoms. The third kappa shape index (κ3) is 3.31. The van der Waals surface area contributed by atoms with Gasteiger partial charge in [-0.2, -0.15) is 0 Å². The summed E-state index contributed by atoms with van der Waals surface area (Å²) in [4.78, 5) is 39.3. The number of anilines is 2. The molecular weight excluding hydrogens is 272 g/mol. The molecule has 1 heterocycles. The van der Waals surface area contributed by atoms with Crippen LogP contribution in [0.25, 0.3) is 0 Å². The first-order valence-corrected chi connectivity index (χ1v) is 6.51. The highest BCUT2D eigenvalue weighted by Crippen LogP contribution is 2.16. The van der Waals surface area contributed by atoms with Crippen molar-refractivity contribution in [2.45, 2.75) is 0 Å². The number of urea groups is 1. The van der Waals surface area contributed by atoms with Crippen LogP contribution < -0.4 is 10.2 Å². The quantitative estimate of drug-likeness (QED) is 0.824. The second kappa shape index (κ2) is 5.82. The van der Waals surface area contributed by atoms with Crippen molar-refractivity contribution in [2.24, 2.45) is 0 Å². The fourth-order valence-corrected chi connectivity index (χ4v) is 2.01. The van der Waals surface area contributed by atoms with Gasteiger partial charge in [0.2, 0.25) is 5.91 Å². The van der Waals surface area contributed by atoms with Crippen LogP contribution in [0.3, 0.4) is 0 Å². The summed E-state index contributed by atoms with van der Waals surface area (Å²) in [6.07, 6.45) is 0. The van der Waals surface area contributed by atoms with Gasteiger partial charge in [0.15, 0.2) is 0 Å². The molecule has 1 aromatic carbocycles. The normalized spacial score (nSPS) is 14.6. The lowest BCUT2D eigenvalue weighted by atomic mass is 10.2. The molecule has 1 saturated heterocycles. The first-order chi connectivity index (χ1) is 9.88. The van der Waals surface area contributed by atoms with Gasteiger partial charge in [-0.1, -0.05) is 0 Å². The molecule has 21 heavy (non-hydrogen) atoms. The number of hydrogen-bond acceptors (Lipinski definition) is 4. The number of likely N-dealkylation sites (N-methyl/N-ethyl adjacent to an activating group) is 1. The van der Waals surface area contributed by atoms with Crippen molar-refractivity contribution in [1.82, 2.24) is 9.80 Å². The van der Waals surface area contributed by atoms with Gasteiger partial charge in [-0.05, 0) is 24.3 Å². The summed E-state index contributed by atoms with van der Waals surface area (Å²) in [6, 6.07) is 6.84. The van der Waals surface area contributed by atoms with Crippen LogP contribution in [-0.2, 0) is 9.59 Å². The number of imide groups is 1. The van der Waals surface area contributed by atoms with Crippen molar-refractivity contribution >= 4 is 29.2 Å². The molecule has 0 bridgehead atoms. The van der Waals surface area contributed by atoms with Crippen molar-refractivity contribution in [3.63, 3.8) is 0 Å². The van der Waals surface area contributed by atoms with E-state index in [2.05, 4.69) is 5.32 Å². The van der Waals surface area contributed by atoms with Crippen LogP contribution in [0.2, 0.25) is 0 Å². The number of nitrogens with zero attached hydrogens (tertiary/aromatic N) is 3. The molecule has 0 aromatic heterocycles. The van der Waals surface area contributed by atoms with Gasteiger partial charge in [-0.3, -0.25) is 14.5 Å². The molecule has 0 unspecified atom stereocenters. The van der Waals surface area contributed by atoms with Gasteiger partial charge in [0.05, 0.1) is 0 Å². The first-order valence-electron chi connectivity index (χ1n) is 6.51. The zero-order valence-electron chi connectivity index (χ0n) is 12.3. The Morgan fingerprint density at radius 1 is 1.24 bits per heavy atom. The maximum atomic E-state index is 11.9. The van der Waals surface area contributed by atoms with Crippen molar-refractivity contribution in [2.75, 3.05) is 44.4 Å². The van der Waals surface area contributed by atoms with E-state index >= 15 is 0 Å². The number of amides is 4. The van der Waals surface area contributed by atoms with E-state index in [1.807, 2.05) is 31.1 Å². The highest BCUT2D eigenvalue weighted by Gasteiger charge is 2.34. The van der Waals surface area contributed by atoms with Gasteiger partial charge in [-0.15, -0.1) is 0 Å². The Morgan fingerprint density at radius 2 is 1.86 bits per heavy atom. The molecule has 1 N–H and O–H groups in total. The fraction of sp³-hybridized carbons (Fsp3) is 0.357. The molecule has 0 aliphatic carbocycles. The smallest absolute Gasteiger partial charge is 0.327 e. The summed E-state index contributed by atoms with van der Waals surface area (Å²) in [5.41, 5.74) is 1.64. The number of carbonyl (C=O) groups excluding carboxylic acids is 3. The Bertz CT molecular complexity index is 568. The van der Waals surface area contributed by atoms with Gasteiger partial charge >= 0.3 is 6.03 Å². The van der Waals surface area contributed by atoms with E-state index < -0.39 is 11.9 Å². The van der Waals surface area contributed by atoms with Crippen molar-refractivity contribution in [1.29, 1.82) is 0 Å². The molecule has 0 radical (unpaired) electrons. The Labute approximate surface area is 123 Å². The monoisotopic (exact) mass is 290 g/mol. The molecule has 1 aliphatic rings. The van der Waals surface area contributed by atoms with E-state index in [0.717, 1.165) is 10.6 Å². The maximum absolute atomic E-state index is 11.9. The molecule has 7 nitrogen and oxygen atoms in total. The molecule has 1 fully saturated rings. The van der Waals surface area contributed by atoms with Crippen LogP contribution >= 0.6 is 0 Å². The molecule has 4 amide bonds. The Kier molecular flexibility index (Phi) is 4.11. The molecule has 112 valence electrons.